The molecule has 0 saturated heterocycles. The Morgan fingerprint density at radius 1 is 0.966 bits per heavy atom. The number of nitrogens with one attached hydrogen (secondary N) is 1. The van der Waals surface area contributed by atoms with Gasteiger partial charge >= 0.3 is 5.97 Å². The molecule has 4 aromatic rings. The molecule has 2 aromatic carbocycles. The zero-order chi connectivity index (χ0) is 20.1. The maximum atomic E-state index is 12.3. The number of rotatable bonds is 6. The Bertz CT molecular complexity index is 1120. The number of para-hydroxylation sites is 1. The lowest BCUT2D eigenvalue weighted by atomic mass is 10.2. The van der Waals surface area contributed by atoms with Crippen LogP contribution in [0.15, 0.2) is 66.0 Å². The maximum Gasteiger partial charge on any atom is 0.358 e. The Morgan fingerprint density at radius 2 is 1.69 bits per heavy atom. The number of nitrogens with two attached hydrogens (primary N) is 1. The van der Waals surface area contributed by atoms with E-state index in [0.717, 1.165) is 16.3 Å². The number of esters is 1. The van der Waals surface area contributed by atoms with Crippen molar-refractivity contribution in [1.82, 2.24) is 19.9 Å². The monoisotopic (exact) mass is 404 g/mol. The number of ether oxygens (including phenoxy) is 1. The molecular weight excluding hydrogens is 388 g/mol. The molecule has 29 heavy (non-hydrogen) atoms. The summed E-state index contributed by atoms with van der Waals surface area (Å²) in [6.45, 7) is -0.146. The van der Waals surface area contributed by atoms with E-state index in [4.69, 9.17) is 10.5 Å². The number of aromatic nitrogens is 4. The number of hydrogen-bond acceptors (Lipinski definition) is 9. The summed E-state index contributed by atoms with van der Waals surface area (Å²) in [4.78, 5) is 29.0. The number of nitrogens with zero attached hydrogens (tertiary/aromatic N) is 4. The summed E-state index contributed by atoms with van der Waals surface area (Å²) in [5.74, 6) is -0.0120. The Hall–Kier alpha value is -3.85. The molecule has 0 saturated carbocycles. The highest BCUT2D eigenvalue weighted by atomic mass is 32.1. The Morgan fingerprint density at radius 3 is 2.45 bits per heavy atom. The second-order valence-electron chi connectivity index (χ2n) is 5.90. The van der Waals surface area contributed by atoms with Gasteiger partial charge in [-0.2, -0.15) is 15.0 Å². The third-order valence-electron chi connectivity index (χ3n) is 3.80. The zero-order valence-electron chi connectivity index (χ0n) is 15.1. The normalized spacial score (nSPS) is 10.5. The second kappa shape index (κ2) is 8.44. The number of anilines is 3. The number of carbonyl (C=O) groups is 1. The van der Waals surface area contributed by atoms with Gasteiger partial charge in [0.15, 0.2) is 18.1 Å². The van der Waals surface area contributed by atoms with Gasteiger partial charge in [0.2, 0.25) is 11.9 Å². The summed E-state index contributed by atoms with van der Waals surface area (Å²) in [7, 11) is 0. The van der Waals surface area contributed by atoms with Gasteiger partial charge in [-0.3, -0.25) is 0 Å². The van der Waals surface area contributed by atoms with Crippen LogP contribution in [0.25, 0.3) is 10.6 Å². The average molecular weight is 404 g/mol. The highest BCUT2D eigenvalue weighted by molar-refractivity contribution is 7.13. The van der Waals surface area contributed by atoms with Crippen LogP contribution >= 0.6 is 11.3 Å². The summed E-state index contributed by atoms with van der Waals surface area (Å²) in [6, 6.07) is 19.0. The molecule has 2 heterocycles. The fourth-order valence-electron chi connectivity index (χ4n) is 2.49. The molecule has 144 valence electrons. The summed E-state index contributed by atoms with van der Waals surface area (Å²) in [5, 5.41) is 5.44. The molecule has 0 atom stereocenters. The third-order valence-corrected chi connectivity index (χ3v) is 4.69. The molecule has 9 heteroatoms. The Labute approximate surface area is 170 Å². The quantitative estimate of drug-likeness (QED) is 0.468. The first kappa shape index (κ1) is 18.5. The highest BCUT2D eigenvalue weighted by Crippen LogP contribution is 2.23. The third kappa shape index (κ3) is 4.71. The van der Waals surface area contributed by atoms with Crippen molar-refractivity contribution < 1.29 is 9.53 Å². The van der Waals surface area contributed by atoms with Gasteiger partial charge in [0.1, 0.15) is 5.01 Å². The van der Waals surface area contributed by atoms with Crippen molar-refractivity contribution in [1.29, 1.82) is 0 Å². The minimum Gasteiger partial charge on any atom is -0.453 e. The molecule has 4 rings (SSSR count). The maximum absolute atomic E-state index is 12.3. The van der Waals surface area contributed by atoms with Crippen LogP contribution in [0.5, 0.6) is 0 Å². The van der Waals surface area contributed by atoms with E-state index >= 15 is 0 Å². The number of thiazole rings is 1. The van der Waals surface area contributed by atoms with Crippen molar-refractivity contribution >= 4 is 34.9 Å². The zero-order valence-corrected chi connectivity index (χ0v) is 16.0. The second-order valence-corrected chi connectivity index (χ2v) is 6.76. The van der Waals surface area contributed by atoms with E-state index in [1.807, 2.05) is 60.7 Å². The molecule has 0 amide bonds. The van der Waals surface area contributed by atoms with Crippen molar-refractivity contribution in [3.63, 3.8) is 0 Å². The molecule has 0 aliphatic rings. The van der Waals surface area contributed by atoms with E-state index in [0.29, 0.717) is 0 Å². The minimum absolute atomic E-state index is 0.0319. The predicted molar refractivity (Wildman–Crippen MR) is 111 cm³/mol. The van der Waals surface area contributed by atoms with Crippen molar-refractivity contribution in [3.05, 3.63) is 77.6 Å². The van der Waals surface area contributed by atoms with E-state index in [9.17, 15) is 4.79 Å². The standard InChI is InChI=1S/C20H16N6O2S/c21-19-24-16(25-20(26-19)22-14-9-5-2-6-10-14)11-28-18(27)15-12-29-17(23-15)13-7-3-1-4-8-13/h1-10,12H,11H2,(H3,21,22,24,25,26). The van der Waals surface area contributed by atoms with Crippen LogP contribution in [0, 0.1) is 0 Å². The van der Waals surface area contributed by atoms with E-state index < -0.39 is 5.97 Å². The van der Waals surface area contributed by atoms with Gasteiger partial charge in [-0.15, -0.1) is 11.3 Å². The highest BCUT2D eigenvalue weighted by Gasteiger charge is 2.15. The number of hydrogen-bond donors (Lipinski definition) is 2. The van der Waals surface area contributed by atoms with Gasteiger partial charge in [0.05, 0.1) is 0 Å². The molecule has 3 N–H and O–H groups in total. The topological polar surface area (TPSA) is 116 Å². The lowest BCUT2D eigenvalue weighted by Crippen LogP contribution is -2.11. The smallest absolute Gasteiger partial charge is 0.358 e. The largest absolute Gasteiger partial charge is 0.453 e. The lowest BCUT2D eigenvalue weighted by Gasteiger charge is -2.07. The summed E-state index contributed by atoms with van der Waals surface area (Å²) in [6.07, 6.45) is 0. The van der Waals surface area contributed by atoms with Crippen molar-refractivity contribution in [2.24, 2.45) is 0 Å². The number of benzene rings is 2. The van der Waals surface area contributed by atoms with E-state index in [-0.39, 0.29) is 30.0 Å². The number of nitrogen functional groups attached to an aromatic ring is 1. The summed E-state index contributed by atoms with van der Waals surface area (Å²) in [5.41, 5.74) is 7.73. The van der Waals surface area contributed by atoms with Crippen molar-refractivity contribution in [2.45, 2.75) is 6.61 Å². The van der Waals surface area contributed by atoms with Gasteiger partial charge in [0.25, 0.3) is 0 Å². The van der Waals surface area contributed by atoms with E-state index in [1.54, 1.807) is 5.38 Å². The van der Waals surface area contributed by atoms with Gasteiger partial charge in [0, 0.05) is 16.6 Å². The average Bonchev–Trinajstić information content (AvgIpc) is 3.23. The van der Waals surface area contributed by atoms with Crippen LogP contribution in [0.1, 0.15) is 16.3 Å². The first-order chi connectivity index (χ1) is 14.2. The summed E-state index contributed by atoms with van der Waals surface area (Å²) < 4.78 is 5.29. The molecule has 8 nitrogen and oxygen atoms in total. The van der Waals surface area contributed by atoms with Gasteiger partial charge < -0.3 is 15.8 Å². The molecule has 0 bridgehead atoms. The van der Waals surface area contributed by atoms with Crippen LogP contribution in [-0.4, -0.2) is 25.9 Å². The first-order valence-electron chi connectivity index (χ1n) is 8.68. The van der Waals surface area contributed by atoms with Gasteiger partial charge in [-0.25, -0.2) is 9.78 Å². The molecule has 0 aliphatic carbocycles. The molecule has 0 aliphatic heterocycles. The van der Waals surface area contributed by atoms with Crippen LogP contribution < -0.4 is 11.1 Å². The van der Waals surface area contributed by atoms with Crippen LogP contribution in [0.2, 0.25) is 0 Å². The van der Waals surface area contributed by atoms with Gasteiger partial charge in [-0.1, -0.05) is 48.5 Å². The molecule has 0 fully saturated rings. The molecular formula is C20H16N6O2S. The van der Waals surface area contributed by atoms with Gasteiger partial charge in [-0.05, 0) is 12.1 Å². The summed E-state index contributed by atoms with van der Waals surface area (Å²) >= 11 is 1.38. The first-order valence-corrected chi connectivity index (χ1v) is 9.56. The van der Waals surface area contributed by atoms with Crippen LogP contribution in [0.3, 0.4) is 0 Å². The minimum atomic E-state index is -0.556. The fraction of sp³-hybridized carbons (Fsp3) is 0.0500. The molecule has 0 unspecified atom stereocenters. The molecule has 0 radical (unpaired) electrons. The SMILES string of the molecule is Nc1nc(COC(=O)c2csc(-c3ccccc3)n2)nc(Nc2ccccc2)n1. The lowest BCUT2D eigenvalue weighted by molar-refractivity contribution is 0.0456. The van der Waals surface area contributed by atoms with Crippen molar-refractivity contribution in [2.75, 3.05) is 11.1 Å². The Balaban J connectivity index is 1.42. The Kier molecular flexibility index (Phi) is 5.39. The van der Waals surface area contributed by atoms with Crippen LogP contribution in [-0.2, 0) is 11.3 Å². The van der Waals surface area contributed by atoms with Crippen molar-refractivity contribution in [3.8, 4) is 10.6 Å². The molecule has 2 aromatic heterocycles. The van der Waals surface area contributed by atoms with E-state index in [1.165, 1.54) is 11.3 Å². The fourth-order valence-corrected chi connectivity index (χ4v) is 3.29. The predicted octanol–water partition coefficient (Wildman–Crippen LogP) is 3.68. The van der Waals surface area contributed by atoms with E-state index in [2.05, 4.69) is 25.3 Å². The number of carbonyl (C=O) groups excluding carboxylic acids is 1. The van der Waals surface area contributed by atoms with Crippen LogP contribution in [0.4, 0.5) is 17.6 Å². The molecule has 0 spiro atoms.